The summed E-state index contributed by atoms with van der Waals surface area (Å²) in [6, 6.07) is 5.65. The minimum absolute atomic E-state index is 0.267. The fraction of sp³-hybridized carbons (Fsp3) is 0.417. The predicted molar refractivity (Wildman–Crippen MR) is 55.9 cm³/mol. The molecule has 0 unspecified atom stereocenters. The molecule has 0 N–H and O–H groups in total. The van der Waals surface area contributed by atoms with Crippen LogP contribution < -0.4 is 4.74 Å². The molecule has 0 aliphatic carbocycles. The average Bonchev–Trinajstić information content (AvgIpc) is 2.26. The van der Waals surface area contributed by atoms with Crippen LogP contribution in [0, 0.1) is 23.0 Å². The Morgan fingerprint density at radius 2 is 1.81 bits per heavy atom. The molecule has 1 aromatic carbocycles. The van der Waals surface area contributed by atoms with E-state index < -0.39 is 11.6 Å². The van der Waals surface area contributed by atoms with Crippen LogP contribution in [0.3, 0.4) is 0 Å². The number of unbranched alkanes of at least 4 members (excludes halogenated alkanes) is 3. The fourth-order valence-electron chi connectivity index (χ4n) is 1.28. The number of ether oxygens (including phenoxy) is 1. The zero-order valence-corrected chi connectivity index (χ0v) is 8.88. The van der Waals surface area contributed by atoms with Gasteiger partial charge in [0.15, 0.2) is 17.4 Å². The monoisotopic (exact) mass is 225 g/mol. The van der Waals surface area contributed by atoms with Gasteiger partial charge in [0.05, 0.1) is 12.7 Å². The summed E-state index contributed by atoms with van der Waals surface area (Å²) < 4.78 is 31.2. The van der Waals surface area contributed by atoms with Crippen molar-refractivity contribution in [3.8, 4) is 11.8 Å². The summed E-state index contributed by atoms with van der Waals surface area (Å²) in [6.45, 7) is 0.267. The van der Waals surface area contributed by atoms with Gasteiger partial charge >= 0.3 is 0 Å². The highest BCUT2D eigenvalue weighted by molar-refractivity contribution is 5.25. The molecule has 0 heterocycles. The SMILES string of the molecule is N#CCCCCCOc1c(F)cccc1F. The lowest BCUT2D eigenvalue weighted by Crippen LogP contribution is -2.01. The van der Waals surface area contributed by atoms with E-state index in [0.717, 1.165) is 25.0 Å². The van der Waals surface area contributed by atoms with E-state index in [-0.39, 0.29) is 12.4 Å². The van der Waals surface area contributed by atoms with Gasteiger partial charge in [-0.05, 0) is 31.4 Å². The van der Waals surface area contributed by atoms with E-state index in [2.05, 4.69) is 0 Å². The van der Waals surface area contributed by atoms with Crippen LogP contribution in [0.2, 0.25) is 0 Å². The molecule has 0 aromatic heterocycles. The lowest BCUT2D eigenvalue weighted by molar-refractivity contribution is 0.276. The number of para-hydroxylation sites is 1. The molecule has 0 saturated carbocycles. The first-order valence-corrected chi connectivity index (χ1v) is 5.19. The third-order valence-corrected chi connectivity index (χ3v) is 2.10. The van der Waals surface area contributed by atoms with Crippen LogP contribution in [-0.4, -0.2) is 6.61 Å². The lowest BCUT2D eigenvalue weighted by atomic mass is 10.2. The molecule has 86 valence electrons. The van der Waals surface area contributed by atoms with Crippen LogP contribution in [-0.2, 0) is 0 Å². The maximum Gasteiger partial charge on any atom is 0.190 e. The highest BCUT2D eigenvalue weighted by atomic mass is 19.1. The second-order valence-electron chi connectivity index (χ2n) is 3.37. The Hall–Kier alpha value is -1.63. The highest BCUT2D eigenvalue weighted by Crippen LogP contribution is 2.21. The first-order valence-electron chi connectivity index (χ1n) is 5.19. The van der Waals surface area contributed by atoms with Crippen molar-refractivity contribution in [2.45, 2.75) is 25.7 Å². The lowest BCUT2D eigenvalue weighted by Gasteiger charge is -2.07. The van der Waals surface area contributed by atoms with Crippen molar-refractivity contribution >= 4 is 0 Å². The van der Waals surface area contributed by atoms with Gasteiger partial charge in [-0.3, -0.25) is 0 Å². The van der Waals surface area contributed by atoms with Gasteiger partial charge < -0.3 is 4.74 Å². The maximum absolute atomic E-state index is 13.1. The Labute approximate surface area is 93.5 Å². The van der Waals surface area contributed by atoms with Crippen LogP contribution in [0.15, 0.2) is 18.2 Å². The van der Waals surface area contributed by atoms with Gasteiger partial charge in [-0.2, -0.15) is 5.26 Å². The molecule has 2 nitrogen and oxygen atoms in total. The number of hydrogen-bond donors (Lipinski definition) is 0. The number of nitriles is 1. The van der Waals surface area contributed by atoms with Crippen LogP contribution in [0.25, 0.3) is 0 Å². The minimum Gasteiger partial charge on any atom is -0.488 e. The van der Waals surface area contributed by atoms with Crippen molar-refractivity contribution < 1.29 is 13.5 Å². The first-order chi connectivity index (χ1) is 7.75. The van der Waals surface area contributed by atoms with Crippen molar-refractivity contribution in [3.63, 3.8) is 0 Å². The normalized spacial score (nSPS) is 9.81. The molecule has 0 atom stereocenters. The Bertz CT molecular complexity index is 354. The van der Waals surface area contributed by atoms with E-state index in [1.165, 1.54) is 6.07 Å². The van der Waals surface area contributed by atoms with Crippen LogP contribution in [0.4, 0.5) is 8.78 Å². The summed E-state index contributed by atoms with van der Waals surface area (Å²) in [7, 11) is 0. The summed E-state index contributed by atoms with van der Waals surface area (Å²) in [4.78, 5) is 0. The molecule has 1 rings (SSSR count). The molecule has 0 bridgehead atoms. The second kappa shape index (κ2) is 6.78. The highest BCUT2D eigenvalue weighted by Gasteiger charge is 2.08. The van der Waals surface area contributed by atoms with E-state index in [1.54, 1.807) is 0 Å². The van der Waals surface area contributed by atoms with Crippen molar-refractivity contribution in [2.75, 3.05) is 6.61 Å². The molecule has 0 aliphatic heterocycles. The molecule has 1 aromatic rings. The molecule has 0 spiro atoms. The molecular weight excluding hydrogens is 212 g/mol. The zero-order chi connectivity index (χ0) is 11.8. The number of nitrogens with zero attached hydrogens (tertiary/aromatic N) is 1. The molecular formula is C12H13F2NO. The minimum atomic E-state index is -0.683. The van der Waals surface area contributed by atoms with Crippen molar-refractivity contribution in [1.29, 1.82) is 5.26 Å². The van der Waals surface area contributed by atoms with Crippen molar-refractivity contribution in [1.82, 2.24) is 0 Å². The van der Waals surface area contributed by atoms with Crippen LogP contribution in [0.5, 0.6) is 5.75 Å². The summed E-state index contributed by atoms with van der Waals surface area (Å²) >= 11 is 0. The molecule has 4 heteroatoms. The summed E-state index contributed by atoms with van der Waals surface area (Å²) in [5.41, 5.74) is 0. The van der Waals surface area contributed by atoms with Crippen molar-refractivity contribution in [2.24, 2.45) is 0 Å². The molecule has 0 radical (unpaired) electrons. The van der Waals surface area contributed by atoms with Crippen molar-refractivity contribution in [3.05, 3.63) is 29.8 Å². The maximum atomic E-state index is 13.1. The summed E-state index contributed by atoms with van der Waals surface area (Å²) in [5.74, 6) is -1.68. The molecule has 0 fully saturated rings. The first kappa shape index (κ1) is 12.4. The third-order valence-electron chi connectivity index (χ3n) is 2.10. The van der Waals surface area contributed by atoms with Gasteiger partial charge in [-0.25, -0.2) is 8.78 Å². The van der Waals surface area contributed by atoms with E-state index in [1.807, 2.05) is 6.07 Å². The number of rotatable bonds is 6. The average molecular weight is 225 g/mol. The van der Waals surface area contributed by atoms with Gasteiger partial charge in [0, 0.05) is 6.42 Å². The van der Waals surface area contributed by atoms with E-state index in [4.69, 9.17) is 10.00 Å². The molecule has 16 heavy (non-hydrogen) atoms. The summed E-state index contributed by atoms with van der Waals surface area (Å²) in [6.07, 6.45) is 2.81. The third kappa shape index (κ3) is 3.85. The number of halogens is 2. The van der Waals surface area contributed by atoms with Gasteiger partial charge in [0.2, 0.25) is 0 Å². The summed E-state index contributed by atoms with van der Waals surface area (Å²) in [5, 5.41) is 8.29. The zero-order valence-electron chi connectivity index (χ0n) is 8.88. The fourth-order valence-corrected chi connectivity index (χ4v) is 1.28. The smallest absolute Gasteiger partial charge is 0.190 e. The standard InChI is InChI=1S/C12H13F2NO/c13-10-6-5-7-11(14)12(10)16-9-4-2-1-3-8-15/h5-7H,1-4,9H2. The van der Waals surface area contributed by atoms with Crippen LogP contribution in [0.1, 0.15) is 25.7 Å². The molecule has 0 amide bonds. The number of benzene rings is 1. The van der Waals surface area contributed by atoms with Gasteiger partial charge in [0.25, 0.3) is 0 Å². The van der Waals surface area contributed by atoms with E-state index in [9.17, 15) is 8.78 Å². The van der Waals surface area contributed by atoms with E-state index in [0.29, 0.717) is 12.8 Å². The molecule has 0 aliphatic rings. The van der Waals surface area contributed by atoms with Gasteiger partial charge in [-0.15, -0.1) is 0 Å². The van der Waals surface area contributed by atoms with E-state index >= 15 is 0 Å². The Morgan fingerprint density at radius 3 is 2.44 bits per heavy atom. The van der Waals surface area contributed by atoms with Gasteiger partial charge in [-0.1, -0.05) is 6.07 Å². The largest absolute Gasteiger partial charge is 0.488 e. The second-order valence-corrected chi connectivity index (χ2v) is 3.37. The van der Waals surface area contributed by atoms with Crippen LogP contribution >= 0.6 is 0 Å². The Morgan fingerprint density at radius 1 is 1.12 bits per heavy atom. The topological polar surface area (TPSA) is 33.0 Å². The Balaban J connectivity index is 2.30. The quantitative estimate of drug-likeness (QED) is 0.695. The Kier molecular flexibility index (Phi) is 5.27. The molecule has 0 saturated heterocycles. The van der Waals surface area contributed by atoms with Gasteiger partial charge in [0.1, 0.15) is 0 Å². The number of hydrogen-bond acceptors (Lipinski definition) is 2. The predicted octanol–water partition coefficient (Wildman–Crippen LogP) is 3.43.